The molecule has 0 saturated carbocycles. The second kappa shape index (κ2) is 11.4. The first-order valence-electron chi connectivity index (χ1n) is 11.9. The van der Waals surface area contributed by atoms with Gasteiger partial charge in [-0.15, -0.1) is 0 Å². The number of aliphatic carboxylic acids is 1. The maximum atomic E-state index is 12.6. The van der Waals surface area contributed by atoms with Gasteiger partial charge in [-0.2, -0.15) is 0 Å². The summed E-state index contributed by atoms with van der Waals surface area (Å²) in [5.74, 6) is -0.506. The van der Waals surface area contributed by atoms with Gasteiger partial charge in [0.2, 0.25) is 0 Å². The Labute approximate surface area is 214 Å². The predicted octanol–water partition coefficient (Wildman–Crippen LogP) is 6.68. The summed E-state index contributed by atoms with van der Waals surface area (Å²) < 4.78 is 11.0. The van der Waals surface area contributed by atoms with Gasteiger partial charge in [-0.3, -0.25) is 10.1 Å². The summed E-state index contributed by atoms with van der Waals surface area (Å²) >= 11 is 0. The van der Waals surface area contributed by atoms with Gasteiger partial charge in [-0.25, -0.2) is 9.78 Å². The van der Waals surface area contributed by atoms with Crippen LogP contribution >= 0.6 is 0 Å². The Morgan fingerprint density at radius 1 is 1.05 bits per heavy atom. The Hall–Kier alpha value is -4.66. The van der Waals surface area contributed by atoms with Gasteiger partial charge in [0.05, 0.1) is 5.92 Å². The third-order valence-corrected chi connectivity index (χ3v) is 5.94. The van der Waals surface area contributed by atoms with Gasteiger partial charge >= 0.3 is 12.1 Å². The first-order chi connectivity index (χ1) is 17.9. The summed E-state index contributed by atoms with van der Waals surface area (Å²) in [6.45, 7) is 5.36. The molecule has 0 aliphatic carbocycles. The van der Waals surface area contributed by atoms with Gasteiger partial charge < -0.3 is 19.7 Å². The van der Waals surface area contributed by atoms with E-state index in [-0.39, 0.29) is 0 Å². The topological polar surface area (TPSA) is 127 Å². The molecule has 3 N–H and O–H groups in total. The van der Waals surface area contributed by atoms with Crippen LogP contribution in [0.3, 0.4) is 0 Å². The molecule has 0 fully saturated rings. The third-order valence-electron chi connectivity index (χ3n) is 5.94. The van der Waals surface area contributed by atoms with Crippen molar-refractivity contribution in [2.75, 3.05) is 10.6 Å². The van der Waals surface area contributed by atoms with Crippen LogP contribution < -0.4 is 10.6 Å². The number of carbonyl (C=O) groups excluding carboxylic acids is 1. The second-order valence-corrected chi connectivity index (χ2v) is 8.54. The summed E-state index contributed by atoms with van der Waals surface area (Å²) in [6, 6.07) is 20.3. The van der Waals surface area contributed by atoms with E-state index in [1.54, 1.807) is 38.2 Å². The summed E-state index contributed by atoms with van der Waals surface area (Å²) in [4.78, 5) is 28.5. The SMILES string of the molecule is CCC(C(=O)O)c1cccc(Nc2ccc(-c3onc(C)c3NC(=O)OC(C)c3ccccc3)cn2)c1. The zero-order valence-electron chi connectivity index (χ0n) is 20.8. The van der Waals surface area contributed by atoms with Gasteiger partial charge in [0.1, 0.15) is 23.3 Å². The van der Waals surface area contributed by atoms with Crippen molar-refractivity contribution >= 4 is 29.3 Å². The van der Waals surface area contributed by atoms with E-state index < -0.39 is 24.1 Å². The molecule has 4 rings (SSSR count). The van der Waals surface area contributed by atoms with Crippen molar-refractivity contribution < 1.29 is 24.0 Å². The first-order valence-corrected chi connectivity index (χ1v) is 11.9. The number of nitrogens with zero attached hydrogens (tertiary/aromatic N) is 2. The van der Waals surface area contributed by atoms with Gasteiger partial charge in [-0.1, -0.05) is 54.5 Å². The van der Waals surface area contributed by atoms with Gasteiger partial charge in [-0.05, 0) is 55.7 Å². The van der Waals surface area contributed by atoms with Gasteiger partial charge in [0.25, 0.3) is 0 Å². The molecule has 2 atom stereocenters. The third kappa shape index (κ3) is 6.13. The lowest BCUT2D eigenvalue weighted by Crippen LogP contribution is -2.16. The average molecular weight is 501 g/mol. The molecule has 2 aromatic carbocycles. The molecule has 4 aromatic rings. The van der Waals surface area contributed by atoms with E-state index >= 15 is 0 Å². The van der Waals surface area contributed by atoms with Crippen LogP contribution in [0.4, 0.5) is 22.0 Å². The van der Waals surface area contributed by atoms with Crippen LogP contribution in [0.5, 0.6) is 0 Å². The molecule has 0 bridgehead atoms. The molecule has 2 unspecified atom stereocenters. The van der Waals surface area contributed by atoms with E-state index in [9.17, 15) is 14.7 Å². The number of amides is 1. The maximum absolute atomic E-state index is 12.6. The molecule has 37 heavy (non-hydrogen) atoms. The van der Waals surface area contributed by atoms with E-state index in [2.05, 4.69) is 20.8 Å². The van der Waals surface area contributed by atoms with Crippen molar-refractivity contribution in [2.24, 2.45) is 0 Å². The summed E-state index contributed by atoms with van der Waals surface area (Å²) in [7, 11) is 0. The highest BCUT2D eigenvalue weighted by atomic mass is 16.6. The molecule has 2 heterocycles. The number of carbonyl (C=O) groups is 2. The summed E-state index contributed by atoms with van der Waals surface area (Å²) in [5.41, 5.74) is 3.85. The van der Waals surface area contributed by atoms with Crippen molar-refractivity contribution in [1.29, 1.82) is 0 Å². The number of hydrogen-bond acceptors (Lipinski definition) is 7. The highest BCUT2D eigenvalue weighted by Crippen LogP contribution is 2.32. The van der Waals surface area contributed by atoms with Crippen LogP contribution in [0, 0.1) is 6.92 Å². The van der Waals surface area contributed by atoms with Crippen molar-refractivity contribution in [3.63, 3.8) is 0 Å². The molecule has 190 valence electrons. The van der Waals surface area contributed by atoms with E-state index in [1.807, 2.05) is 55.5 Å². The standard InChI is InChI=1S/C28H28N4O5/c1-4-23(27(33)34)20-11-8-12-22(15-20)30-24-14-13-21(16-29-24)26-25(17(2)32-37-26)31-28(35)36-18(3)19-9-6-5-7-10-19/h5-16,18,23H,4H2,1-3H3,(H,29,30)(H,31,35)(H,33,34). The van der Waals surface area contributed by atoms with Crippen molar-refractivity contribution in [3.05, 3.63) is 89.7 Å². The van der Waals surface area contributed by atoms with Gasteiger partial charge in [0, 0.05) is 17.4 Å². The van der Waals surface area contributed by atoms with Crippen LogP contribution in [-0.4, -0.2) is 27.3 Å². The van der Waals surface area contributed by atoms with Crippen LogP contribution in [-0.2, 0) is 9.53 Å². The van der Waals surface area contributed by atoms with Crippen LogP contribution in [0.25, 0.3) is 11.3 Å². The Morgan fingerprint density at radius 2 is 1.81 bits per heavy atom. The van der Waals surface area contributed by atoms with E-state index in [1.165, 1.54) is 0 Å². The van der Waals surface area contributed by atoms with E-state index in [0.717, 1.165) is 16.8 Å². The normalized spacial score (nSPS) is 12.4. The maximum Gasteiger partial charge on any atom is 0.412 e. The largest absolute Gasteiger partial charge is 0.481 e. The Bertz CT molecular complexity index is 1370. The smallest absolute Gasteiger partial charge is 0.412 e. The summed E-state index contributed by atoms with van der Waals surface area (Å²) in [5, 5.41) is 19.3. The number of nitrogens with one attached hydrogen (secondary N) is 2. The zero-order chi connectivity index (χ0) is 26.4. The number of benzene rings is 2. The number of rotatable bonds is 9. The summed E-state index contributed by atoms with van der Waals surface area (Å²) in [6.07, 6.45) is 1.04. The highest BCUT2D eigenvalue weighted by molar-refractivity contribution is 5.90. The molecular formula is C28H28N4O5. The minimum atomic E-state index is -0.854. The number of pyridine rings is 1. The highest BCUT2D eigenvalue weighted by Gasteiger charge is 2.21. The minimum absolute atomic E-state index is 0.357. The van der Waals surface area contributed by atoms with Crippen molar-refractivity contribution in [2.45, 2.75) is 39.2 Å². The fourth-order valence-corrected chi connectivity index (χ4v) is 3.93. The van der Waals surface area contributed by atoms with Crippen LogP contribution in [0.15, 0.2) is 77.4 Å². The molecule has 9 heteroatoms. The number of carboxylic acid groups (broad SMARTS) is 1. The quantitative estimate of drug-likeness (QED) is 0.232. The van der Waals surface area contributed by atoms with Crippen LogP contribution in [0.1, 0.15) is 49.1 Å². The van der Waals surface area contributed by atoms with E-state index in [0.29, 0.717) is 34.9 Å². The average Bonchev–Trinajstić information content (AvgIpc) is 3.25. The predicted molar refractivity (Wildman–Crippen MR) is 140 cm³/mol. The molecule has 0 aliphatic heterocycles. The second-order valence-electron chi connectivity index (χ2n) is 8.54. The number of aromatic nitrogens is 2. The Kier molecular flexibility index (Phi) is 7.83. The monoisotopic (exact) mass is 500 g/mol. The molecule has 2 aromatic heterocycles. The lowest BCUT2D eigenvalue weighted by atomic mass is 9.96. The fourth-order valence-electron chi connectivity index (χ4n) is 3.93. The van der Waals surface area contributed by atoms with Crippen molar-refractivity contribution in [3.8, 4) is 11.3 Å². The number of hydrogen-bond donors (Lipinski definition) is 3. The van der Waals surface area contributed by atoms with E-state index in [4.69, 9.17) is 9.26 Å². The molecular weight excluding hydrogens is 472 g/mol. The molecule has 0 radical (unpaired) electrons. The molecule has 0 saturated heterocycles. The number of carboxylic acids is 1. The fraction of sp³-hybridized carbons (Fsp3) is 0.214. The number of ether oxygens (including phenoxy) is 1. The van der Waals surface area contributed by atoms with Crippen molar-refractivity contribution in [1.82, 2.24) is 10.1 Å². The molecule has 0 aliphatic rings. The zero-order valence-corrected chi connectivity index (χ0v) is 20.8. The minimum Gasteiger partial charge on any atom is -0.481 e. The van der Waals surface area contributed by atoms with Gasteiger partial charge in [0.15, 0.2) is 5.76 Å². The molecule has 1 amide bonds. The molecule has 0 spiro atoms. The molecule has 9 nitrogen and oxygen atoms in total. The lowest BCUT2D eigenvalue weighted by Gasteiger charge is -2.14. The van der Waals surface area contributed by atoms with Crippen LogP contribution in [0.2, 0.25) is 0 Å². The number of anilines is 3. The first kappa shape index (κ1) is 25.4. The number of aryl methyl sites for hydroxylation is 1. The Morgan fingerprint density at radius 3 is 2.49 bits per heavy atom. The Balaban J connectivity index is 1.46. The lowest BCUT2D eigenvalue weighted by molar-refractivity contribution is -0.138.